The van der Waals surface area contributed by atoms with E-state index in [-0.39, 0.29) is 11.8 Å². The van der Waals surface area contributed by atoms with Crippen molar-refractivity contribution in [1.29, 1.82) is 0 Å². The van der Waals surface area contributed by atoms with Crippen molar-refractivity contribution in [3.8, 4) is 0 Å². The Hall–Kier alpha value is -0.610. The van der Waals surface area contributed by atoms with Crippen LogP contribution < -0.4 is 10.6 Å². The first kappa shape index (κ1) is 14.8. The monoisotopic (exact) mass is 267 g/mol. The van der Waals surface area contributed by atoms with E-state index in [1.165, 1.54) is 32.4 Å². The van der Waals surface area contributed by atoms with Crippen molar-refractivity contribution < 1.29 is 4.79 Å². The molecule has 0 spiro atoms. The molecule has 4 nitrogen and oxygen atoms in total. The van der Waals surface area contributed by atoms with Crippen LogP contribution >= 0.6 is 0 Å². The van der Waals surface area contributed by atoms with Gasteiger partial charge in [0, 0.05) is 25.0 Å². The van der Waals surface area contributed by atoms with Crippen molar-refractivity contribution >= 4 is 5.91 Å². The van der Waals surface area contributed by atoms with Crippen LogP contribution in [0.1, 0.15) is 44.9 Å². The molecule has 2 N–H and O–H groups in total. The summed E-state index contributed by atoms with van der Waals surface area (Å²) < 4.78 is 0. The standard InChI is InChI=1S/C15H29N3O/c1-16-14-7-5-13(6-8-14)15(19)17-9-12-18-10-3-2-4-11-18/h13-14,16H,2-12H2,1H3,(H,17,19). The first-order valence-corrected chi connectivity index (χ1v) is 7.97. The zero-order valence-corrected chi connectivity index (χ0v) is 12.3. The van der Waals surface area contributed by atoms with Crippen molar-refractivity contribution in [3.05, 3.63) is 0 Å². The van der Waals surface area contributed by atoms with Gasteiger partial charge in [0.05, 0.1) is 0 Å². The van der Waals surface area contributed by atoms with E-state index in [0.29, 0.717) is 6.04 Å². The lowest BCUT2D eigenvalue weighted by Crippen LogP contribution is -2.41. The summed E-state index contributed by atoms with van der Waals surface area (Å²) in [4.78, 5) is 14.6. The molecule has 1 amide bonds. The van der Waals surface area contributed by atoms with Crippen molar-refractivity contribution in [2.75, 3.05) is 33.2 Å². The van der Waals surface area contributed by atoms with E-state index >= 15 is 0 Å². The average Bonchev–Trinajstić information content (AvgIpc) is 2.48. The van der Waals surface area contributed by atoms with Crippen molar-refractivity contribution in [1.82, 2.24) is 15.5 Å². The summed E-state index contributed by atoms with van der Waals surface area (Å²) in [5, 5.41) is 6.44. The molecular weight excluding hydrogens is 238 g/mol. The quantitative estimate of drug-likeness (QED) is 0.791. The summed E-state index contributed by atoms with van der Waals surface area (Å²) in [6.45, 7) is 4.27. The number of amides is 1. The number of carbonyl (C=O) groups is 1. The lowest BCUT2D eigenvalue weighted by atomic mass is 9.85. The van der Waals surface area contributed by atoms with E-state index < -0.39 is 0 Å². The Balaban J connectivity index is 1.59. The number of carbonyl (C=O) groups excluding carboxylic acids is 1. The Morgan fingerprint density at radius 2 is 1.79 bits per heavy atom. The van der Waals surface area contributed by atoms with Crippen LogP contribution in [0.25, 0.3) is 0 Å². The van der Waals surface area contributed by atoms with E-state index in [1.54, 1.807) is 0 Å². The smallest absolute Gasteiger partial charge is 0.223 e. The molecule has 110 valence electrons. The Labute approximate surface area is 117 Å². The minimum atomic E-state index is 0.256. The molecule has 0 unspecified atom stereocenters. The minimum Gasteiger partial charge on any atom is -0.355 e. The molecule has 4 heteroatoms. The van der Waals surface area contributed by atoms with Crippen LogP contribution in [0, 0.1) is 5.92 Å². The van der Waals surface area contributed by atoms with Crippen LogP contribution in [-0.4, -0.2) is 50.1 Å². The Morgan fingerprint density at radius 3 is 2.42 bits per heavy atom. The van der Waals surface area contributed by atoms with E-state index in [0.717, 1.165) is 38.8 Å². The molecule has 2 aliphatic rings. The van der Waals surface area contributed by atoms with Gasteiger partial charge in [0.1, 0.15) is 0 Å². The normalized spacial score (nSPS) is 29.1. The van der Waals surface area contributed by atoms with Gasteiger partial charge in [-0.2, -0.15) is 0 Å². The Morgan fingerprint density at radius 1 is 1.11 bits per heavy atom. The second-order valence-electron chi connectivity index (χ2n) is 6.03. The maximum absolute atomic E-state index is 12.1. The zero-order chi connectivity index (χ0) is 13.5. The highest BCUT2D eigenvalue weighted by Crippen LogP contribution is 2.24. The van der Waals surface area contributed by atoms with Crippen LogP contribution in [0.2, 0.25) is 0 Å². The number of nitrogens with zero attached hydrogens (tertiary/aromatic N) is 1. The van der Waals surface area contributed by atoms with E-state index in [4.69, 9.17) is 0 Å². The van der Waals surface area contributed by atoms with Gasteiger partial charge in [0.15, 0.2) is 0 Å². The van der Waals surface area contributed by atoms with Gasteiger partial charge in [0.25, 0.3) is 0 Å². The second kappa shape index (κ2) is 7.85. The fourth-order valence-electron chi connectivity index (χ4n) is 3.31. The van der Waals surface area contributed by atoms with Crippen LogP contribution in [0.3, 0.4) is 0 Å². The largest absolute Gasteiger partial charge is 0.355 e. The van der Waals surface area contributed by atoms with E-state index in [1.807, 2.05) is 7.05 Å². The summed E-state index contributed by atoms with van der Waals surface area (Å²) in [7, 11) is 2.02. The highest BCUT2D eigenvalue weighted by Gasteiger charge is 2.25. The topological polar surface area (TPSA) is 44.4 Å². The average molecular weight is 267 g/mol. The third-order valence-corrected chi connectivity index (χ3v) is 4.68. The molecule has 0 aromatic heterocycles. The van der Waals surface area contributed by atoms with Crippen molar-refractivity contribution in [2.24, 2.45) is 5.92 Å². The molecule has 2 rings (SSSR count). The molecule has 2 fully saturated rings. The molecule has 1 saturated carbocycles. The van der Waals surface area contributed by atoms with Gasteiger partial charge in [-0.15, -0.1) is 0 Å². The molecule has 0 bridgehead atoms. The zero-order valence-electron chi connectivity index (χ0n) is 12.3. The number of hydrogen-bond donors (Lipinski definition) is 2. The highest BCUT2D eigenvalue weighted by molar-refractivity contribution is 5.78. The van der Waals surface area contributed by atoms with Gasteiger partial charge in [-0.25, -0.2) is 0 Å². The summed E-state index contributed by atoms with van der Waals surface area (Å²) in [6.07, 6.45) is 8.38. The van der Waals surface area contributed by atoms with Gasteiger partial charge >= 0.3 is 0 Å². The van der Waals surface area contributed by atoms with Crippen molar-refractivity contribution in [3.63, 3.8) is 0 Å². The second-order valence-corrected chi connectivity index (χ2v) is 6.03. The Bertz CT molecular complexity index is 269. The molecular formula is C15H29N3O. The third kappa shape index (κ3) is 4.77. The van der Waals surface area contributed by atoms with Crippen LogP contribution in [-0.2, 0) is 4.79 Å². The van der Waals surface area contributed by atoms with Gasteiger partial charge in [-0.05, 0) is 58.7 Å². The molecule has 0 radical (unpaired) electrons. The summed E-state index contributed by atoms with van der Waals surface area (Å²) >= 11 is 0. The summed E-state index contributed by atoms with van der Waals surface area (Å²) in [6, 6.07) is 0.623. The number of piperidine rings is 1. The number of nitrogens with one attached hydrogen (secondary N) is 2. The lowest BCUT2D eigenvalue weighted by molar-refractivity contribution is -0.126. The number of likely N-dealkylation sites (tertiary alicyclic amines) is 1. The Kier molecular flexibility index (Phi) is 6.11. The molecule has 0 atom stereocenters. The van der Waals surface area contributed by atoms with Gasteiger partial charge in [-0.3, -0.25) is 4.79 Å². The maximum Gasteiger partial charge on any atom is 0.223 e. The van der Waals surface area contributed by atoms with Crippen molar-refractivity contribution in [2.45, 2.75) is 51.0 Å². The molecule has 1 saturated heterocycles. The molecule has 0 aromatic carbocycles. The van der Waals surface area contributed by atoms with E-state index in [9.17, 15) is 4.79 Å². The van der Waals surface area contributed by atoms with Gasteiger partial charge in [0.2, 0.25) is 5.91 Å². The van der Waals surface area contributed by atoms with Crippen LogP contribution in [0.4, 0.5) is 0 Å². The molecule has 1 aliphatic heterocycles. The van der Waals surface area contributed by atoms with Crippen LogP contribution in [0.15, 0.2) is 0 Å². The summed E-state index contributed by atoms with van der Waals surface area (Å²) in [5.74, 6) is 0.539. The van der Waals surface area contributed by atoms with Gasteiger partial charge < -0.3 is 15.5 Å². The maximum atomic E-state index is 12.1. The van der Waals surface area contributed by atoms with Crippen LogP contribution in [0.5, 0.6) is 0 Å². The van der Waals surface area contributed by atoms with Gasteiger partial charge in [-0.1, -0.05) is 6.42 Å². The third-order valence-electron chi connectivity index (χ3n) is 4.68. The predicted octanol–water partition coefficient (Wildman–Crippen LogP) is 1.37. The molecule has 1 heterocycles. The lowest BCUT2D eigenvalue weighted by Gasteiger charge is -2.29. The van der Waals surface area contributed by atoms with E-state index in [2.05, 4.69) is 15.5 Å². The minimum absolute atomic E-state index is 0.256. The summed E-state index contributed by atoms with van der Waals surface area (Å²) in [5.41, 5.74) is 0. The number of rotatable bonds is 5. The first-order valence-electron chi connectivity index (χ1n) is 7.97. The first-order chi connectivity index (χ1) is 9.29. The fourth-order valence-corrected chi connectivity index (χ4v) is 3.31. The molecule has 0 aromatic rings. The number of hydrogen-bond acceptors (Lipinski definition) is 3. The highest BCUT2D eigenvalue weighted by atomic mass is 16.1. The fraction of sp³-hybridized carbons (Fsp3) is 0.933. The molecule has 19 heavy (non-hydrogen) atoms. The molecule has 1 aliphatic carbocycles. The SMILES string of the molecule is CNC1CCC(C(=O)NCCN2CCCCC2)CC1. The predicted molar refractivity (Wildman–Crippen MR) is 78.1 cm³/mol.